The lowest BCUT2D eigenvalue weighted by molar-refractivity contribution is -0.149. The van der Waals surface area contributed by atoms with Crippen LogP contribution < -0.4 is 5.32 Å². The Hall–Kier alpha value is -1.32. The molecule has 1 fully saturated rings. The third kappa shape index (κ3) is 2.84. The summed E-state index contributed by atoms with van der Waals surface area (Å²) in [5.74, 6) is -0.943. The summed E-state index contributed by atoms with van der Waals surface area (Å²) in [6.45, 7) is 7.82. The predicted octanol–water partition coefficient (Wildman–Crippen LogP) is 1.08. The number of nitrogens with one attached hydrogen (secondary N) is 1. The van der Waals surface area contributed by atoms with Gasteiger partial charge >= 0.3 is 11.8 Å². The number of carbonyl (C=O) groups excluding carboxylic acids is 2. The number of hydrogen-bond donors (Lipinski definition) is 1. The van der Waals surface area contributed by atoms with E-state index in [9.17, 15) is 9.59 Å². The third-order valence-electron chi connectivity index (χ3n) is 3.03. The zero-order chi connectivity index (χ0) is 12.1. The second-order valence-corrected chi connectivity index (χ2v) is 4.34. The first-order valence-corrected chi connectivity index (χ1v) is 5.79. The Labute approximate surface area is 96.7 Å². The fourth-order valence-corrected chi connectivity index (χ4v) is 2.18. The van der Waals surface area contributed by atoms with Gasteiger partial charge < -0.3 is 10.2 Å². The van der Waals surface area contributed by atoms with E-state index >= 15 is 0 Å². The van der Waals surface area contributed by atoms with E-state index < -0.39 is 11.8 Å². The van der Waals surface area contributed by atoms with Crippen LogP contribution >= 0.6 is 0 Å². The molecule has 0 bridgehead atoms. The highest BCUT2D eigenvalue weighted by Gasteiger charge is 2.32. The molecule has 0 spiro atoms. The highest BCUT2D eigenvalue weighted by Crippen LogP contribution is 2.22. The van der Waals surface area contributed by atoms with Crippen LogP contribution in [0.15, 0.2) is 12.7 Å². The minimum absolute atomic E-state index is 0.158. The van der Waals surface area contributed by atoms with Crippen LogP contribution in [0.5, 0.6) is 0 Å². The van der Waals surface area contributed by atoms with Gasteiger partial charge in [0.05, 0.1) is 0 Å². The third-order valence-corrected chi connectivity index (χ3v) is 3.03. The van der Waals surface area contributed by atoms with E-state index in [0.29, 0.717) is 6.54 Å². The Balaban J connectivity index is 2.63. The molecule has 0 saturated carbocycles. The van der Waals surface area contributed by atoms with E-state index in [1.54, 1.807) is 11.0 Å². The van der Waals surface area contributed by atoms with Crippen molar-refractivity contribution in [3.8, 4) is 0 Å². The van der Waals surface area contributed by atoms with Gasteiger partial charge in [0.15, 0.2) is 0 Å². The van der Waals surface area contributed by atoms with Crippen LogP contribution in [0.2, 0.25) is 0 Å². The molecule has 90 valence electrons. The molecule has 0 aromatic carbocycles. The van der Waals surface area contributed by atoms with Gasteiger partial charge in [0.1, 0.15) is 0 Å². The van der Waals surface area contributed by atoms with Crippen molar-refractivity contribution >= 4 is 11.8 Å². The maximum Gasteiger partial charge on any atom is 0.312 e. The van der Waals surface area contributed by atoms with Gasteiger partial charge in [-0.15, -0.1) is 6.58 Å². The number of piperidine rings is 1. The van der Waals surface area contributed by atoms with Crippen LogP contribution in [0, 0.1) is 0 Å². The van der Waals surface area contributed by atoms with Crippen LogP contribution in [0.3, 0.4) is 0 Å². The molecule has 2 unspecified atom stereocenters. The Morgan fingerprint density at radius 3 is 2.44 bits per heavy atom. The lowest BCUT2D eigenvalue weighted by atomic mass is 9.97. The molecule has 2 atom stereocenters. The van der Waals surface area contributed by atoms with Crippen LogP contribution in [-0.2, 0) is 9.59 Å². The standard InChI is InChI=1S/C12H20N2O2/c1-4-8-13-11(15)12(16)14-9(2)6-5-7-10(14)3/h4,9-10H,1,5-8H2,2-3H3,(H,13,15). The number of hydrogen-bond acceptors (Lipinski definition) is 2. The highest BCUT2D eigenvalue weighted by molar-refractivity contribution is 6.35. The first-order valence-electron chi connectivity index (χ1n) is 5.79. The topological polar surface area (TPSA) is 49.4 Å². The Morgan fingerprint density at radius 1 is 1.38 bits per heavy atom. The number of rotatable bonds is 2. The maximum atomic E-state index is 11.9. The van der Waals surface area contributed by atoms with Crippen LogP contribution in [-0.4, -0.2) is 35.3 Å². The number of amides is 2. The van der Waals surface area contributed by atoms with E-state index in [2.05, 4.69) is 11.9 Å². The fourth-order valence-electron chi connectivity index (χ4n) is 2.18. The van der Waals surface area contributed by atoms with Gasteiger partial charge in [0, 0.05) is 18.6 Å². The molecule has 1 heterocycles. The zero-order valence-electron chi connectivity index (χ0n) is 10.0. The molecule has 1 rings (SSSR count). The van der Waals surface area contributed by atoms with Gasteiger partial charge in [-0.05, 0) is 33.1 Å². The summed E-state index contributed by atoms with van der Waals surface area (Å²) in [7, 11) is 0. The van der Waals surface area contributed by atoms with E-state index in [1.165, 1.54) is 0 Å². The molecule has 0 radical (unpaired) electrons. The predicted molar refractivity (Wildman–Crippen MR) is 62.8 cm³/mol. The largest absolute Gasteiger partial charge is 0.344 e. The van der Waals surface area contributed by atoms with Crippen LogP contribution in [0.4, 0.5) is 0 Å². The summed E-state index contributed by atoms with van der Waals surface area (Å²) in [5, 5.41) is 2.52. The van der Waals surface area contributed by atoms with Gasteiger partial charge in [-0.3, -0.25) is 9.59 Å². The van der Waals surface area contributed by atoms with Gasteiger partial charge in [0.2, 0.25) is 0 Å². The Morgan fingerprint density at radius 2 is 1.94 bits per heavy atom. The molecule has 4 heteroatoms. The Bertz CT molecular complexity index is 279. The molecule has 0 aromatic heterocycles. The average molecular weight is 224 g/mol. The van der Waals surface area contributed by atoms with E-state index in [0.717, 1.165) is 19.3 Å². The normalized spacial score (nSPS) is 25.0. The number of likely N-dealkylation sites (tertiary alicyclic amines) is 1. The lowest BCUT2D eigenvalue weighted by Crippen LogP contribution is -2.52. The molecule has 16 heavy (non-hydrogen) atoms. The highest BCUT2D eigenvalue weighted by atomic mass is 16.2. The molecular weight excluding hydrogens is 204 g/mol. The minimum atomic E-state index is -0.527. The summed E-state index contributed by atoms with van der Waals surface area (Å²) in [5.41, 5.74) is 0. The second kappa shape index (κ2) is 5.68. The van der Waals surface area contributed by atoms with Crippen molar-refractivity contribution in [2.75, 3.05) is 6.54 Å². The molecule has 1 aliphatic heterocycles. The lowest BCUT2D eigenvalue weighted by Gasteiger charge is -2.38. The fraction of sp³-hybridized carbons (Fsp3) is 0.667. The molecule has 1 saturated heterocycles. The van der Waals surface area contributed by atoms with Gasteiger partial charge in [-0.25, -0.2) is 0 Å². The molecule has 1 aliphatic rings. The van der Waals surface area contributed by atoms with Crippen molar-refractivity contribution in [1.82, 2.24) is 10.2 Å². The molecule has 0 aliphatic carbocycles. The van der Waals surface area contributed by atoms with E-state index in [1.807, 2.05) is 13.8 Å². The zero-order valence-corrected chi connectivity index (χ0v) is 10.0. The van der Waals surface area contributed by atoms with E-state index in [4.69, 9.17) is 0 Å². The smallest absolute Gasteiger partial charge is 0.312 e. The first-order chi connectivity index (χ1) is 7.57. The Kier molecular flexibility index (Phi) is 4.52. The molecule has 2 amide bonds. The monoisotopic (exact) mass is 224 g/mol. The second-order valence-electron chi connectivity index (χ2n) is 4.34. The van der Waals surface area contributed by atoms with Crippen molar-refractivity contribution < 1.29 is 9.59 Å². The van der Waals surface area contributed by atoms with Gasteiger partial charge in [0.25, 0.3) is 0 Å². The quantitative estimate of drug-likeness (QED) is 0.563. The van der Waals surface area contributed by atoms with Crippen LogP contribution in [0.1, 0.15) is 33.1 Å². The summed E-state index contributed by atoms with van der Waals surface area (Å²) in [6, 6.07) is 0.316. The van der Waals surface area contributed by atoms with Crippen molar-refractivity contribution in [1.29, 1.82) is 0 Å². The molecular formula is C12H20N2O2. The van der Waals surface area contributed by atoms with Gasteiger partial charge in [-0.2, -0.15) is 0 Å². The maximum absolute atomic E-state index is 11.9. The first kappa shape index (κ1) is 12.7. The van der Waals surface area contributed by atoms with Crippen molar-refractivity contribution in [3.63, 3.8) is 0 Å². The molecule has 0 aromatic rings. The summed E-state index contributed by atoms with van der Waals surface area (Å²) < 4.78 is 0. The van der Waals surface area contributed by atoms with E-state index in [-0.39, 0.29) is 12.1 Å². The van der Waals surface area contributed by atoms with Crippen molar-refractivity contribution in [3.05, 3.63) is 12.7 Å². The molecule has 4 nitrogen and oxygen atoms in total. The SMILES string of the molecule is C=CCNC(=O)C(=O)N1C(C)CCCC1C. The van der Waals surface area contributed by atoms with Crippen LogP contribution in [0.25, 0.3) is 0 Å². The van der Waals surface area contributed by atoms with Crippen molar-refractivity contribution in [2.45, 2.75) is 45.2 Å². The van der Waals surface area contributed by atoms with Gasteiger partial charge in [-0.1, -0.05) is 6.08 Å². The van der Waals surface area contributed by atoms with Crippen molar-refractivity contribution in [2.24, 2.45) is 0 Å². The average Bonchev–Trinajstić information content (AvgIpc) is 2.25. The summed E-state index contributed by atoms with van der Waals surface area (Å²) >= 11 is 0. The molecule has 1 N–H and O–H groups in total. The summed E-state index contributed by atoms with van der Waals surface area (Å²) in [6.07, 6.45) is 4.64. The summed E-state index contributed by atoms with van der Waals surface area (Å²) in [4.78, 5) is 25.1. The number of nitrogens with zero attached hydrogens (tertiary/aromatic N) is 1. The number of carbonyl (C=O) groups is 2. The minimum Gasteiger partial charge on any atom is -0.344 e.